The van der Waals surface area contributed by atoms with Gasteiger partial charge < -0.3 is 19.5 Å². The first-order valence-corrected chi connectivity index (χ1v) is 13.2. The van der Waals surface area contributed by atoms with Crippen molar-refractivity contribution in [2.45, 2.75) is 31.2 Å². The minimum Gasteiger partial charge on any atom is -0.507 e. The first kappa shape index (κ1) is 27.4. The van der Waals surface area contributed by atoms with E-state index in [1.54, 1.807) is 45.2 Å². The fourth-order valence-electron chi connectivity index (χ4n) is 4.30. The molecule has 1 aliphatic rings. The molecule has 9 nitrogen and oxygen atoms in total. The number of hydrogen-bond acceptors (Lipinski definition) is 7. The molecule has 194 valence electrons. The number of carbonyl (C=O) groups excluding carboxylic acids is 2. The molecule has 0 radical (unpaired) electrons. The molecular formula is C26H32N2O7S. The van der Waals surface area contributed by atoms with Gasteiger partial charge in [-0.1, -0.05) is 26.0 Å². The number of sulfonamides is 1. The Bertz CT molecular complexity index is 1240. The summed E-state index contributed by atoms with van der Waals surface area (Å²) in [6, 6.07) is 11.8. The van der Waals surface area contributed by atoms with Gasteiger partial charge in [0.1, 0.15) is 11.5 Å². The molecule has 0 aromatic heterocycles. The number of benzene rings is 2. The van der Waals surface area contributed by atoms with E-state index >= 15 is 0 Å². The maximum atomic E-state index is 13.1. The van der Waals surface area contributed by atoms with Crippen molar-refractivity contribution in [1.82, 2.24) is 9.21 Å². The summed E-state index contributed by atoms with van der Waals surface area (Å²) in [7, 11) is -0.615. The van der Waals surface area contributed by atoms with E-state index in [9.17, 15) is 23.1 Å². The van der Waals surface area contributed by atoms with Crippen LogP contribution in [0.4, 0.5) is 0 Å². The quantitative estimate of drug-likeness (QED) is 0.211. The summed E-state index contributed by atoms with van der Waals surface area (Å²) >= 11 is 0. The van der Waals surface area contributed by atoms with Crippen molar-refractivity contribution in [2.24, 2.45) is 0 Å². The average Bonchev–Trinajstić information content (AvgIpc) is 3.14. The lowest BCUT2D eigenvalue weighted by Crippen LogP contribution is -2.31. The zero-order valence-corrected chi connectivity index (χ0v) is 21.7. The summed E-state index contributed by atoms with van der Waals surface area (Å²) in [5, 5.41) is 11.2. The van der Waals surface area contributed by atoms with E-state index in [-0.39, 0.29) is 28.3 Å². The highest BCUT2D eigenvalue weighted by Gasteiger charge is 2.45. The third-order valence-electron chi connectivity index (χ3n) is 6.17. The number of amides is 1. The van der Waals surface area contributed by atoms with Crippen molar-refractivity contribution in [2.75, 3.05) is 40.5 Å². The molecule has 1 atom stereocenters. The molecule has 10 heteroatoms. The van der Waals surface area contributed by atoms with Gasteiger partial charge in [-0.15, -0.1) is 0 Å². The summed E-state index contributed by atoms with van der Waals surface area (Å²) in [6.45, 7) is 4.81. The molecule has 0 unspecified atom stereocenters. The predicted octanol–water partition coefficient (Wildman–Crippen LogP) is 3.18. The van der Waals surface area contributed by atoms with E-state index in [0.29, 0.717) is 37.4 Å². The van der Waals surface area contributed by atoms with E-state index in [1.807, 2.05) is 0 Å². The van der Waals surface area contributed by atoms with Gasteiger partial charge in [0, 0.05) is 38.9 Å². The largest absolute Gasteiger partial charge is 0.507 e. The minimum absolute atomic E-state index is 0.0648. The Balaban J connectivity index is 2.09. The Kier molecular flexibility index (Phi) is 8.89. The molecule has 1 amide bonds. The minimum atomic E-state index is -3.68. The van der Waals surface area contributed by atoms with E-state index in [0.717, 1.165) is 0 Å². The van der Waals surface area contributed by atoms with Gasteiger partial charge in [-0.25, -0.2) is 8.42 Å². The van der Waals surface area contributed by atoms with Crippen LogP contribution in [-0.4, -0.2) is 74.9 Å². The molecule has 2 aromatic carbocycles. The number of hydrogen-bond donors (Lipinski definition) is 1. The number of methoxy groups -OCH3 is 2. The van der Waals surface area contributed by atoms with Crippen LogP contribution in [0.5, 0.6) is 5.75 Å². The molecule has 1 heterocycles. The second kappa shape index (κ2) is 11.7. The summed E-state index contributed by atoms with van der Waals surface area (Å²) in [4.78, 5) is 27.6. The number of nitrogens with zero attached hydrogens (tertiary/aromatic N) is 2. The van der Waals surface area contributed by atoms with Crippen LogP contribution in [-0.2, 0) is 24.3 Å². The van der Waals surface area contributed by atoms with Gasteiger partial charge in [0.15, 0.2) is 0 Å². The van der Waals surface area contributed by atoms with E-state index in [2.05, 4.69) is 0 Å². The average molecular weight is 517 g/mol. The molecular weight excluding hydrogens is 484 g/mol. The van der Waals surface area contributed by atoms with Crippen molar-refractivity contribution in [3.8, 4) is 5.75 Å². The van der Waals surface area contributed by atoms with Crippen LogP contribution < -0.4 is 4.74 Å². The highest BCUT2D eigenvalue weighted by molar-refractivity contribution is 7.89. The normalized spacial score (nSPS) is 17.7. The maximum absolute atomic E-state index is 13.1. The van der Waals surface area contributed by atoms with Gasteiger partial charge in [0.05, 0.1) is 23.6 Å². The van der Waals surface area contributed by atoms with Crippen LogP contribution in [0.25, 0.3) is 5.76 Å². The first-order valence-electron chi connectivity index (χ1n) is 11.7. The molecule has 36 heavy (non-hydrogen) atoms. The lowest BCUT2D eigenvalue weighted by molar-refractivity contribution is -0.140. The van der Waals surface area contributed by atoms with Gasteiger partial charge in [-0.05, 0) is 48.4 Å². The molecule has 1 aliphatic heterocycles. The smallest absolute Gasteiger partial charge is 0.295 e. The highest BCUT2D eigenvalue weighted by atomic mass is 32.2. The zero-order valence-electron chi connectivity index (χ0n) is 20.9. The fourth-order valence-corrected chi connectivity index (χ4v) is 5.76. The molecule has 0 saturated carbocycles. The SMILES string of the molecule is CCN(CC)S(=O)(=O)c1ccc(C(O)=C2C(=O)C(=O)N(CCCOC)[C@H]2c2cccc(OC)c2)cc1. The third-order valence-corrected chi connectivity index (χ3v) is 8.23. The molecule has 3 rings (SSSR count). The number of aliphatic hydroxyl groups is 1. The van der Waals surface area contributed by atoms with Crippen molar-refractivity contribution in [3.05, 3.63) is 65.2 Å². The Hall–Kier alpha value is -3.21. The summed E-state index contributed by atoms with van der Waals surface area (Å²) < 4.78 is 37.4. The molecule has 1 N–H and O–H groups in total. The van der Waals surface area contributed by atoms with Gasteiger partial charge in [0.25, 0.3) is 11.7 Å². The Morgan fingerprint density at radius 3 is 2.31 bits per heavy atom. The van der Waals surface area contributed by atoms with Crippen LogP contribution >= 0.6 is 0 Å². The van der Waals surface area contributed by atoms with Crippen LogP contribution in [0.3, 0.4) is 0 Å². The van der Waals surface area contributed by atoms with E-state index in [4.69, 9.17) is 9.47 Å². The Morgan fingerprint density at radius 2 is 1.72 bits per heavy atom. The van der Waals surface area contributed by atoms with Crippen LogP contribution in [0.2, 0.25) is 0 Å². The number of aliphatic hydroxyl groups excluding tert-OH is 1. The second-order valence-corrected chi connectivity index (χ2v) is 10.2. The lowest BCUT2D eigenvalue weighted by Gasteiger charge is -2.25. The fraction of sp³-hybridized carbons (Fsp3) is 0.385. The molecule has 0 aliphatic carbocycles. The van der Waals surface area contributed by atoms with Gasteiger partial charge in [-0.2, -0.15) is 4.31 Å². The third kappa shape index (κ3) is 5.30. The van der Waals surface area contributed by atoms with Crippen molar-refractivity contribution in [3.63, 3.8) is 0 Å². The number of likely N-dealkylation sites (tertiary alicyclic amines) is 1. The second-order valence-electron chi connectivity index (χ2n) is 8.23. The molecule has 1 fully saturated rings. The van der Waals surface area contributed by atoms with Gasteiger partial charge >= 0.3 is 0 Å². The summed E-state index contributed by atoms with van der Waals surface area (Å²) in [5.41, 5.74) is 0.773. The number of carbonyl (C=O) groups is 2. The number of rotatable bonds is 11. The predicted molar refractivity (Wildman–Crippen MR) is 135 cm³/mol. The van der Waals surface area contributed by atoms with Crippen LogP contribution in [0.1, 0.15) is 37.4 Å². The number of ether oxygens (including phenoxy) is 2. The van der Waals surface area contributed by atoms with E-state index < -0.39 is 27.8 Å². The van der Waals surface area contributed by atoms with Crippen molar-refractivity contribution >= 4 is 27.5 Å². The van der Waals surface area contributed by atoms with Crippen LogP contribution in [0.15, 0.2) is 59.0 Å². The molecule has 0 spiro atoms. The standard InChI is InChI=1S/C26H32N2O7S/c1-5-27(6-2)36(32,33)21-13-11-18(12-14-21)24(29)22-23(19-9-7-10-20(17-19)35-4)28(15-8-16-34-3)26(31)25(22)30/h7,9-14,17,23,29H,5-6,8,15-16H2,1-4H3/t23-/m0/s1. The highest BCUT2D eigenvalue weighted by Crippen LogP contribution is 2.40. The first-order chi connectivity index (χ1) is 17.2. The topological polar surface area (TPSA) is 113 Å². The summed E-state index contributed by atoms with van der Waals surface area (Å²) in [6.07, 6.45) is 0.502. The number of ketones is 1. The molecule has 1 saturated heterocycles. The Labute approximate surface area is 212 Å². The van der Waals surface area contributed by atoms with Crippen LogP contribution in [0, 0.1) is 0 Å². The number of Topliss-reactive ketones (excluding diaryl/α,β-unsaturated/α-hetero) is 1. The van der Waals surface area contributed by atoms with Crippen molar-refractivity contribution in [1.29, 1.82) is 0 Å². The van der Waals surface area contributed by atoms with Gasteiger partial charge in [0.2, 0.25) is 10.0 Å². The van der Waals surface area contributed by atoms with Gasteiger partial charge in [-0.3, -0.25) is 9.59 Å². The van der Waals surface area contributed by atoms with E-state index in [1.165, 1.54) is 40.6 Å². The zero-order chi connectivity index (χ0) is 26.5. The van der Waals surface area contributed by atoms with Crippen molar-refractivity contribution < 1.29 is 32.6 Å². The maximum Gasteiger partial charge on any atom is 0.295 e. The lowest BCUT2D eigenvalue weighted by atomic mass is 9.95. The molecule has 0 bridgehead atoms. The summed E-state index contributed by atoms with van der Waals surface area (Å²) in [5.74, 6) is -1.36. The monoisotopic (exact) mass is 516 g/mol. The Morgan fingerprint density at radius 1 is 1.06 bits per heavy atom. The molecule has 2 aromatic rings.